The van der Waals surface area contributed by atoms with Crippen molar-refractivity contribution in [2.45, 2.75) is 39.7 Å². The second-order valence-corrected chi connectivity index (χ2v) is 7.44. The number of aromatic nitrogens is 2. The van der Waals surface area contributed by atoms with Gasteiger partial charge >= 0.3 is 6.09 Å². The van der Waals surface area contributed by atoms with Gasteiger partial charge in [0.1, 0.15) is 17.0 Å². The third-order valence-corrected chi connectivity index (χ3v) is 5.13. The highest BCUT2D eigenvalue weighted by molar-refractivity contribution is 9.10. The molecule has 1 aromatic rings. The summed E-state index contributed by atoms with van der Waals surface area (Å²) in [5, 5.41) is 0. The molecule has 0 saturated carbocycles. The van der Waals surface area contributed by atoms with Crippen molar-refractivity contribution in [1.29, 1.82) is 0 Å². The van der Waals surface area contributed by atoms with Crippen molar-refractivity contribution in [2.75, 3.05) is 13.2 Å². The number of nitrogens with one attached hydrogen (secondary N) is 1. The largest absolute Gasteiger partial charge is 0.449 e. The Labute approximate surface area is 150 Å². The summed E-state index contributed by atoms with van der Waals surface area (Å²) in [6.45, 7) is 6.82. The summed E-state index contributed by atoms with van der Waals surface area (Å²) in [6, 6.07) is -0.0843. The van der Waals surface area contributed by atoms with Crippen molar-refractivity contribution in [3.8, 4) is 0 Å². The molecule has 3 N–H and O–H groups in total. The number of nitrogens with two attached hydrogens (primary N) is 1. The number of carbonyl (C=O) groups is 2. The first kappa shape index (κ1) is 18.8. The van der Waals surface area contributed by atoms with E-state index >= 15 is 0 Å². The van der Waals surface area contributed by atoms with Crippen LogP contribution in [0.5, 0.6) is 0 Å². The molecule has 1 aliphatic heterocycles. The number of rotatable bonds is 6. The molecule has 0 radical (unpaired) electrons. The van der Waals surface area contributed by atoms with Gasteiger partial charge in [-0.3, -0.25) is 4.79 Å². The van der Waals surface area contributed by atoms with Gasteiger partial charge in [0.15, 0.2) is 0 Å². The number of halogens is 1. The van der Waals surface area contributed by atoms with Crippen LogP contribution in [-0.2, 0) is 9.53 Å². The fourth-order valence-electron chi connectivity index (χ4n) is 3.18. The van der Waals surface area contributed by atoms with Crippen LogP contribution in [0.25, 0.3) is 0 Å². The minimum absolute atomic E-state index is 0.00697. The topological polar surface area (TPSA) is 101 Å². The van der Waals surface area contributed by atoms with Gasteiger partial charge in [-0.2, -0.15) is 0 Å². The molecule has 2 heterocycles. The average Bonchev–Trinajstić information content (AvgIpc) is 3.12. The van der Waals surface area contributed by atoms with E-state index in [4.69, 9.17) is 10.5 Å². The minimum Gasteiger partial charge on any atom is -0.449 e. The van der Waals surface area contributed by atoms with Crippen LogP contribution in [0.2, 0.25) is 0 Å². The fourth-order valence-corrected chi connectivity index (χ4v) is 3.49. The molecule has 4 atom stereocenters. The third kappa shape index (κ3) is 4.28. The van der Waals surface area contributed by atoms with Crippen molar-refractivity contribution in [2.24, 2.45) is 23.5 Å². The zero-order valence-corrected chi connectivity index (χ0v) is 15.9. The maximum absolute atomic E-state index is 13.1. The van der Waals surface area contributed by atoms with Crippen LogP contribution in [0.4, 0.5) is 4.79 Å². The Morgan fingerprint density at radius 2 is 2.29 bits per heavy atom. The highest BCUT2D eigenvalue weighted by Gasteiger charge is 2.40. The fraction of sp³-hybridized carbons (Fsp3) is 0.688. The number of hydrogen-bond donors (Lipinski definition) is 2. The van der Waals surface area contributed by atoms with Crippen molar-refractivity contribution in [3.05, 3.63) is 16.6 Å². The second-order valence-electron chi connectivity index (χ2n) is 6.59. The third-order valence-electron chi connectivity index (χ3n) is 4.73. The summed E-state index contributed by atoms with van der Waals surface area (Å²) < 4.78 is 5.73. The first-order valence-corrected chi connectivity index (χ1v) is 9.05. The van der Waals surface area contributed by atoms with Crippen molar-refractivity contribution in [1.82, 2.24) is 14.9 Å². The number of H-pyrrole nitrogens is 1. The molecule has 1 fully saturated rings. The summed E-state index contributed by atoms with van der Waals surface area (Å²) >= 11 is 3.36. The lowest BCUT2D eigenvalue weighted by atomic mass is 9.91. The van der Waals surface area contributed by atoms with Crippen LogP contribution >= 0.6 is 15.9 Å². The summed E-state index contributed by atoms with van der Waals surface area (Å²) in [5.74, 6) is 0.855. The Morgan fingerprint density at radius 1 is 1.58 bits per heavy atom. The quantitative estimate of drug-likeness (QED) is 0.765. The maximum Gasteiger partial charge on any atom is 0.404 e. The van der Waals surface area contributed by atoms with Gasteiger partial charge < -0.3 is 20.4 Å². The van der Waals surface area contributed by atoms with Gasteiger partial charge in [-0.1, -0.05) is 27.2 Å². The van der Waals surface area contributed by atoms with Crippen LogP contribution in [-0.4, -0.2) is 40.0 Å². The lowest BCUT2D eigenvalue weighted by Crippen LogP contribution is -2.41. The highest BCUT2D eigenvalue weighted by atomic mass is 79.9. The number of likely N-dealkylation sites (tertiary alicyclic amines) is 1. The Kier molecular flexibility index (Phi) is 6.26. The number of amides is 2. The Morgan fingerprint density at radius 3 is 2.83 bits per heavy atom. The molecule has 0 spiro atoms. The molecule has 134 valence electrons. The van der Waals surface area contributed by atoms with Gasteiger partial charge in [0.25, 0.3) is 0 Å². The van der Waals surface area contributed by atoms with E-state index in [1.807, 2.05) is 18.7 Å². The van der Waals surface area contributed by atoms with Gasteiger partial charge in [-0.15, -0.1) is 0 Å². The lowest BCUT2D eigenvalue weighted by molar-refractivity contribution is -0.140. The summed E-state index contributed by atoms with van der Waals surface area (Å²) in [5.41, 5.74) is 5.07. The number of hydrogen-bond acceptors (Lipinski definition) is 4. The van der Waals surface area contributed by atoms with Crippen molar-refractivity contribution < 1.29 is 14.3 Å². The SMILES string of the molecule is CC[C@H](C)[C@@H](COC(N)=O)C(=O)N1C[C@@H](C)C[C@H]1c1ncc(Br)[nH]1. The molecular weight excluding hydrogens is 376 g/mol. The molecule has 1 saturated heterocycles. The van der Waals surface area contributed by atoms with Gasteiger partial charge in [-0.05, 0) is 34.2 Å². The van der Waals surface area contributed by atoms with E-state index < -0.39 is 12.0 Å². The van der Waals surface area contributed by atoms with Crippen LogP contribution < -0.4 is 5.73 Å². The molecule has 2 amide bonds. The second kappa shape index (κ2) is 8.00. The number of aromatic amines is 1. The van der Waals surface area contributed by atoms with Crippen LogP contribution in [0, 0.1) is 17.8 Å². The molecular formula is C16H25BrN4O3. The van der Waals surface area contributed by atoms with E-state index in [9.17, 15) is 9.59 Å². The van der Waals surface area contributed by atoms with E-state index in [-0.39, 0.29) is 24.5 Å². The van der Waals surface area contributed by atoms with E-state index in [0.717, 1.165) is 23.3 Å². The van der Waals surface area contributed by atoms with E-state index in [1.165, 1.54) is 0 Å². The number of nitrogens with zero attached hydrogens (tertiary/aromatic N) is 2. The predicted molar refractivity (Wildman–Crippen MR) is 93.0 cm³/mol. The molecule has 8 heteroatoms. The smallest absolute Gasteiger partial charge is 0.404 e. The van der Waals surface area contributed by atoms with Gasteiger partial charge in [-0.25, -0.2) is 9.78 Å². The Bertz CT molecular complexity index is 592. The molecule has 1 aliphatic rings. The summed E-state index contributed by atoms with van der Waals surface area (Å²) in [4.78, 5) is 33.5. The number of primary amides is 1. The average molecular weight is 401 g/mol. The highest BCUT2D eigenvalue weighted by Crippen LogP contribution is 2.36. The van der Waals surface area contributed by atoms with E-state index in [0.29, 0.717) is 12.5 Å². The summed E-state index contributed by atoms with van der Waals surface area (Å²) in [7, 11) is 0. The zero-order chi connectivity index (χ0) is 17.9. The van der Waals surface area contributed by atoms with Crippen LogP contribution in [0.15, 0.2) is 10.8 Å². The molecule has 0 unspecified atom stereocenters. The molecule has 7 nitrogen and oxygen atoms in total. The monoisotopic (exact) mass is 400 g/mol. The normalized spacial score (nSPS) is 23.1. The Hall–Kier alpha value is -1.57. The van der Waals surface area contributed by atoms with Gasteiger partial charge in [0, 0.05) is 6.54 Å². The van der Waals surface area contributed by atoms with E-state index in [1.54, 1.807) is 6.20 Å². The first-order valence-electron chi connectivity index (χ1n) is 8.26. The minimum atomic E-state index is -0.850. The molecule has 24 heavy (non-hydrogen) atoms. The molecule has 0 bridgehead atoms. The maximum atomic E-state index is 13.1. The summed E-state index contributed by atoms with van der Waals surface area (Å²) in [6.07, 6.45) is 2.52. The van der Waals surface area contributed by atoms with Crippen molar-refractivity contribution >= 4 is 27.9 Å². The number of imidazole rings is 1. The molecule has 2 rings (SSSR count). The zero-order valence-electron chi connectivity index (χ0n) is 14.3. The van der Waals surface area contributed by atoms with Gasteiger partial charge in [0.05, 0.1) is 18.2 Å². The first-order chi connectivity index (χ1) is 11.3. The molecule has 0 aliphatic carbocycles. The lowest BCUT2D eigenvalue weighted by Gasteiger charge is -2.30. The standard InChI is InChI=1S/C16H25BrN4O3/c1-4-10(3)11(8-24-16(18)23)15(22)21-7-9(2)5-12(21)14-19-6-13(17)20-14/h6,9-12H,4-5,7-8H2,1-3H3,(H2,18,23)(H,19,20)/t9-,10-,11+,12-/m0/s1. The Balaban J connectivity index is 2.20. The predicted octanol–water partition coefficient (Wildman–Crippen LogP) is 2.84. The number of carbonyl (C=O) groups excluding carboxylic acids is 2. The molecule has 0 aromatic carbocycles. The molecule has 1 aromatic heterocycles. The van der Waals surface area contributed by atoms with Crippen LogP contribution in [0.1, 0.15) is 45.5 Å². The van der Waals surface area contributed by atoms with Gasteiger partial charge in [0.2, 0.25) is 5.91 Å². The van der Waals surface area contributed by atoms with Crippen LogP contribution in [0.3, 0.4) is 0 Å². The van der Waals surface area contributed by atoms with Crippen molar-refractivity contribution in [3.63, 3.8) is 0 Å². The van der Waals surface area contributed by atoms with E-state index in [2.05, 4.69) is 32.8 Å². The number of ether oxygens (including phenoxy) is 1.